The Bertz CT molecular complexity index is 6960. The number of para-hydroxylation sites is 1. The van der Waals surface area contributed by atoms with E-state index >= 15 is 0 Å². The van der Waals surface area contributed by atoms with E-state index in [4.69, 9.17) is 15.3 Å². The van der Waals surface area contributed by atoms with Gasteiger partial charge >= 0.3 is 0 Å². The van der Waals surface area contributed by atoms with E-state index in [1.807, 2.05) is 281 Å². The number of carbonyl (C=O) groups excluding carboxylic acids is 3. The third kappa shape index (κ3) is 42.6. The van der Waals surface area contributed by atoms with Gasteiger partial charge in [0, 0.05) is 155 Å². The first-order chi connectivity index (χ1) is 68.3. The van der Waals surface area contributed by atoms with Crippen LogP contribution in [0.5, 0.6) is 0 Å². The van der Waals surface area contributed by atoms with Crippen molar-refractivity contribution in [3.8, 4) is 101 Å². The average molecular weight is 2810 g/mol. The van der Waals surface area contributed by atoms with Crippen molar-refractivity contribution in [3.05, 3.63) is 501 Å². The number of allylic oxidation sites excluding steroid dienone is 6. The van der Waals surface area contributed by atoms with Crippen LogP contribution in [0.25, 0.3) is 134 Å². The maximum atomic E-state index is 10.0. The molecule has 7 heterocycles. The maximum absolute atomic E-state index is 10.0. The number of pyridine rings is 7. The van der Waals surface area contributed by atoms with Crippen LogP contribution < -0.4 is 0 Å². The molecule has 0 aliphatic carbocycles. The molecule has 0 bridgehead atoms. The molecule has 0 fully saturated rings. The minimum Gasteiger partial charge on any atom is -0.512 e. The topological polar surface area (TPSA) is 202 Å². The molecule has 0 atom stereocenters. The van der Waals surface area contributed by atoms with Crippen LogP contribution in [0.1, 0.15) is 112 Å². The number of carbonyl (C=O) groups is 3. The second-order valence-electron chi connectivity index (χ2n) is 33.9. The zero-order chi connectivity index (χ0) is 101. The van der Waals surface area contributed by atoms with Gasteiger partial charge in [0.2, 0.25) is 0 Å². The molecule has 12 aromatic carbocycles. The molecule has 19 rings (SSSR count). The fourth-order valence-corrected chi connectivity index (χ4v) is 14.4. The Hall–Kier alpha value is -13.7. The Morgan fingerprint density at radius 1 is 0.308 bits per heavy atom. The minimum absolute atomic E-state index is 0. The molecule has 19 aromatic rings. The second-order valence-corrected chi connectivity index (χ2v) is 33.9. The van der Waals surface area contributed by atoms with E-state index in [9.17, 15) is 14.4 Å². The van der Waals surface area contributed by atoms with Gasteiger partial charge in [0.15, 0.2) is 17.3 Å². The monoisotopic (exact) mass is 2810 g/mol. The summed E-state index contributed by atoms with van der Waals surface area (Å²) in [7, 11) is 0. The van der Waals surface area contributed by atoms with Gasteiger partial charge in [-0.15, -0.1) is 250 Å². The predicted octanol–water partition coefficient (Wildman–Crippen LogP) is 31.6. The van der Waals surface area contributed by atoms with Crippen LogP contribution in [0.4, 0.5) is 0 Å². The summed E-state index contributed by atoms with van der Waals surface area (Å²) in [5.41, 5.74) is 25.0. The van der Waals surface area contributed by atoms with Crippen LogP contribution in [0, 0.1) is 62.2 Å². The first-order valence-electron chi connectivity index (χ1n) is 46.7. The molecule has 146 heavy (non-hydrogen) atoms. The van der Waals surface area contributed by atoms with Gasteiger partial charge in [0.25, 0.3) is 0 Å². The third-order valence-corrected chi connectivity index (χ3v) is 21.4. The molecule has 0 aliphatic rings. The Morgan fingerprint density at radius 2 is 0.678 bits per heavy atom. The van der Waals surface area contributed by atoms with Gasteiger partial charge in [-0.05, 0) is 199 Å². The first kappa shape index (κ1) is 123. The summed E-state index contributed by atoms with van der Waals surface area (Å²) in [6.07, 6.45) is 14.5. The molecule has 0 spiro atoms. The fourth-order valence-electron chi connectivity index (χ4n) is 14.4. The molecule has 0 unspecified atom stereocenters. The number of aliphatic hydroxyl groups is 3. The van der Waals surface area contributed by atoms with Gasteiger partial charge in [0.1, 0.15) is 0 Å². The normalized spacial score (nSPS) is 10.4. The molecular weight excluding hydrogens is 2690 g/mol. The van der Waals surface area contributed by atoms with Crippen molar-refractivity contribution in [1.82, 2.24) is 34.9 Å². The molecular formula is C128H118Ir5N7O6-7. The van der Waals surface area contributed by atoms with Gasteiger partial charge in [0.05, 0.1) is 22.8 Å². The van der Waals surface area contributed by atoms with E-state index in [2.05, 4.69) is 239 Å². The molecule has 3 N–H and O–H groups in total. The number of aliphatic hydroxyl groups excluding tert-OH is 3. The smallest absolute Gasteiger partial charge is 0.155 e. The Kier molecular flexibility index (Phi) is 55.8. The van der Waals surface area contributed by atoms with Crippen molar-refractivity contribution in [3.63, 3.8) is 0 Å². The predicted molar refractivity (Wildman–Crippen MR) is 580 cm³/mol. The van der Waals surface area contributed by atoms with Crippen LogP contribution in [-0.2, 0) is 127 Å². The Labute approximate surface area is 929 Å². The molecule has 753 valence electrons. The summed E-state index contributed by atoms with van der Waals surface area (Å²) in [5, 5.41) is 31.0. The van der Waals surface area contributed by atoms with Crippen molar-refractivity contribution in [2.75, 3.05) is 0 Å². The molecule has 18 heteroatoms. The van der Waals surface area contributed by atoms with E-state index in [0.29, 0.717) is 0 Å². The van der Waals surface area contributed by atoms with Crippen LogP contribution in [-0.4, -0.2) is 67.6 Å². The Balaban J connectivity index is 0.000000290. The van der Waals surface area contributed by atoms with E-state index in [1.54, 1.807) is 6.20 Å². The van der Waals surface area contributed by atoms with Crippen molar-refractivity contribution in [2.45, 2.75) is 115 Å². The second kappa shape index (κ2) is 66.4. The summed E-state index contributed by atoms with van der Waals surface area (Å²) in [4.78, 5) is 61.2. The third-order valence-electron chi connectivity index (χ3n) is 21.4. The largest absolute Gasteiger partial charge is 0.512 e. The van der Waals surface area contributed by atoms with E-state index in [-0.39, 0.29) is 141 Å². The molecule has 0 aliphatic heterocycles. The van der Waals surface area contributed by atoms with Crippen LogP contribution in [0.3, 0.4) is 0 Å². The van der Waals surface area contributed by atoms with Gasteiger partial charge < -0.3 is 45.2 Å². The standard InChI is InChI=1S/C23H24N.C19H18N.C17H12N.2C15H10N.2C12H10N.3C5H8O2.5Ir/c1-3-18(4-2)16-19-11-13-20(14-12-19)21-8-7-9-22(17-21)23-10-5-6-15-24-23;1-19(2,3)16-10-8-15(9-11-16)18-17-7-5-4-6-14(17)12-13-20-18;1-2-7-14(8-3-1)15-9-6-10-16(13-15)17-11-4-5-12-18-17;1-2-7-13(8-3-1)15-14-9-5-4-6-12(14)10-11-16-15;1-2-6-12(7-3-1)15-11-10-13-8-4-5-9-14(13)16-15;2*1-10-6-5-9-12(13-10)11-7-3-2-4-8-11;3*1-4(6)3-5(2)7;;;;;/h5-8,10-15,17-18H,3-4,16H2,1-2H3;4-8,10-13H,1-3H3;1-9,11-13H;1-7,9-11H;1-6,8-11H;2*2-7,9H,1H3;3*3,6H,1-2H3;;;;;/q7*-1;;;;;;;;. The van der Waals surface area contributed by atoms with Crippen molar-refractivity contribution in [1.29, 1.82) is 0 Å². The fraction of sp³-hybridized carbons (Fsp3) is 0.141. The van der Waals surface area contributed by atoms with Gasteiger partial charge in [-0.25, -0.2) is 0 Å². The number of hydrogen-bond acceptors (Lipinski definition) is 13. The summed E-state index contributed by atoms with van der Waals surface area (Å²) in [6.45, 7) is 23.7. The van der Waals surface area contributed by atoms with Gasteiger partial charge in [-0.3, -0.25) is 19.4 Å². The summed E-state index contributed by atoms with van der Waals surface area (Å²) in [6, 6.07) is 149. The zero-order valence-electron chi connectivity index (χ0n) is 83.9. The van der Waals surface area contributed by atoms with E-state index in [1.165, 1.54) is 139 Å². The minimum atomic E-state index is -0.125. The molecule has 5 radical (unpaired) electrons. The summed E-state index contributed by atoms with van der Waals surface area (Å²) < 4.78 is 0. The number of aromatic nitrogens is 7. The quantitative estimate of drug-likeness (QED) is 0.0469. The average Bonchev–Trinajstić information content (AvgIpc) is 0.798. The number of aryl methyl sites for hydroxylation is 2. The number of benzene rings is 12. The molecule has 0 saturated carbocycles. The van der Waals surface area contributed by atoms with Crippen molar-refractivity contribution < 1.29 is 130 Å². The van der Waals surface area contributed by atoms with Crippen LogP contribution in [0.2, 0.25) is 0 Å². The molecule has 0 amide bonds. The maximum Gasteiger partial charge on any atom is 0.155 e. The number of hydrogen-bond donors (Lipinski definition) is 3. The first-order valence-corrected chi connectivity index (χ1v) is 46.7. The van der Waals surface area contributed by atoms with Crippen molar-refractivity contribution in [2.24, 2.45) is 5.92 Å². The van der Waals surface area contributed by atoms with E-state index in [0.717, 1.165) is 102 Å². The van der Waals surface area contributed by atoms with Crippen LogP contribution in [0.15, 0.2) is 436 Å². The molecule has 0 saturated heterocycles. The van der Waals surface area contributed by atoms with Gasteiger partial charge in [-0.1, -0.05) is 229 Å². The SMILES string of the molecule is CC(=O)C=C(C)O.CC(=O)C=C(C)O.CC(=O)C=C(C)O.CC(C)(C)c1c[c-]c(-c2nccc3ccccc23)cc1.CCC(CC)Cc1ccc(-c2cc[c-]c(-c3ccccn3)c2)cc1.Cc1cccc(-c2[c-]cccc2)n1.Cc1cccc(-c2[c-]cccc2)n1.[Ir].[Ir].[Ir].[Ir].[Ir].[c-]1ccc(-c2ccccc2)cc1-c1ccccn1.[c-]1ccccc1-c1ccc2ccccc2n1.[c-]1ccccc1-c1nccc2ccccc12. The van der Waals surface area contributed by atoms with Gasteiger partial charge in [-0.2, -0.15) is 0 Å². The number of ketones is 3. The van der Waals surface area contributed by atoms with Crippen LogP contribution >= 0.6 is 0 Å². The number of fused-ring (bicyclic) bond motifs is 3. The number of nitrogens with zero attached hydrogens (tertiary/aromatic N) is 7. The molecule has 13 nitrogen and oxygen atoms in total. The van der Waals surface area contributed by atoms with Crippen molar-refractivity contribution >= 4 is 49.8 Å². The number of rotatable bonds is 16. The summed E-state index contributed by atoms with van der Waals surface area (Å²) in [5.74, 6) is 0.602. The zero-order valence-corrected chi connectivity index (χ0v) is 95.9. The Morgan fingerprint density at radius 3 is 1.05 bits per heavy atom. The molecule has 7 aromatic heterocycles. The van der Waals surface area contributed by atoms with E-state index < -0.39 is 0 Å². The summed E-state index contributed by atoms with van der Waals surface area (Å²) >= 11 is 0.